The summed E-state index contributed by atoms with van der Waals surface area (Å²) < 4.78 is 33.6. The van der Waals surface area contributed by atoms with Crippen LogP contribution in [0.15, 0.2) is 36.4 Å². The van der Waals surface area contributed by atoms with Crippen LogP contribution < -0.4 is 14.8 Å². The number of pyridine rings is 1. The number of methoxy groups -OCH3 is 2. The number of carbonyl (C=O) groups is 1. The molecule has 26 heavy (non-hydrogen) atoms. The molecule has 3 rings (SSSR count). The molecule has 1 unspecified atom stereocenters. The standard InChI is InChI=1S/C18H20N2O5S/c1-24-14-8-13(9-15(10-14)25-2)16-4-3-5-17(19-16)20-18(21)12-6-7-26(22,23)11-12/h3-5,8-10,12H,6-7,11H2,1-2H3,(H,19,20,21). The minimum atomic E-state index is -3.11. The number of hydrogen-bond acceptors (Lipinski definition) is 6. The van der Waals surface area contributed by atoms with E-state index in [0.29, 0.717) is 29.4 Å². The molecule has 1 atom stereocenters. The van der Waals surface area contributed by atoms with E-state index < -0.39 is 15.8 Å². The van der Waals surface area contributed by atoms with E-state index in [-0.39, 0.29) is 17.4 Å². The van der Waals surface area contributed by atoms with Crippen molar-refractivity contribution in [2.45, 2.75) is 6.42 Å². The van der Waals surface area contributed by atoms with Crippen LogP contribution >= 0.6 is 0 Å². The van der Waals surface area contributed by atoms with Gasteiger partial charge in [0, 0.05) is 11.6 Å². The fraction of sp³-hybridized carbons (Fsp3) is 0.333. The summed E-state index contributed by atoms with van der Waals surface area (Å²) >= 11 is 0. The van der Waals surface area contributed by atoms with Crippen LogP contribution in [0, 0.1) is 5.92 Å². The average Bonchev–Trinajstić information content (AvgIpc) is 3.01. The van der Waals surface area contributed by atoms with Gasteiger partial charge in [-0.3, -0.25) is 4.79 Å². The van der Waals surface area contributed by atoms with Crippen LogP contribution in [-0.2, 0) is 14.6 Å². The third kappa shape index (κ3) is 4.13. The normalized spacial score (nSPS) is 18.3. The zero-order chi connectivity index (χ0) is 18.7. The fourth-order valence-corrected chi connectivity index (χ4v) is 4.59. The first-order chi connectivity index (χ1) is 12.4. The van der Waals surface area contributed by atoms with Crippen molar-refractivity contribution in [1.29, 1.82) is 0 Å². The highest BCUT2D eigenvalue weighted by atomic mass is 32.2. The Labute approximate surface area is 152 Å². The summed E-state index contributed by atoms with van der Waals surface area (Å²) in [4.78, 5) is 16.7. The minimum Gasteiger partial charge on any atom is -0.497 e. The van der Waals surface area contributed by atoms with Crippen molar-refractivity contribution in [3.05, 3.63) is 36.4 Å². The monoisotopic (exact) mass is 376 g/mol. The number of ether oxygens (including phenoxy) is 2. The van der Waals surface area contributed by atoms with Crippen LogP contribution in [0.5, 0.6) is 11.5 Å². The van der Waals surface area contributed by atoms with Gasteiger partial charge in [-0.05, 0) is 30.7 Å². The second-order valence-electron chi connectivity index (χ2n) is 6.10. The van der Waals surface area contributed by atoms with Crippen molar-refractivity contribution in [3.8, 4) is 22.8 Å². The molecule has 1 saturated heterocycles. The van der Waals surface area contributed by atoms with Gasteiger partial charge in [-0.1, -0.05) is 6.07 Å². The first-order valence-electron chi connectivity index (χ1n) is 8.12. The van der Waals surface area contributed by atoms with Gasteiger partial charge in [-0.25, -0.2) is 13.4 Å². The number of amides is 1. The van der Waals surface area contributed by atoms with Crippen molar-refractivity contribution in [2.24, 2.45) is 5.92 Å². The molecule has 0 saturated carbocycles. The molecule has 1 aromatic heterocycles. The third-order valence-corrected chi connectivity index (χ3v) is 6.02. The summed E-state index contributed by atoms with van der Waals surface area (Å²) in [6.45, 7) is 0. The van der Waals surface area contributed by atoms with E-state index >= 15 is 0 Å². The van der Waals surface area contributed by atoms with E-state index in [1.54, 1.807) is 32.4 Å². The van der Waals surface area contributed by atoms with Crippen LogP contribution in [0.25, 0.3) is 11.3 Å². The highest BCUT2D eigenvalue weighted by molar-refractivity contribution is 7.91. The summed E-state index contributed by atoms with van der Waals surface area (Å²) in [5, 5.41) is 2.71. The highest BCUT2D eigenvalue weighted by Gasteiger charge is 2.33. The molecule has 7 nitrogen and oxygen atoms in total. The second kappa shape index (κ2) is 7.33. The topological polar surface area (TPSA) is 94.6 Å². The van der Waals surface area contributed by atoms with Gasteiger partial charge in [0.05, 0.1) is 37.3 Å². The lowest BCUT2D eigenvalue weighted by atomic mass is 10.1. The lowest BCUT2D eigenvalue weighted by molar-refractivity contribution is -0.119. The molecule has 1 aromatic carbocycles. The predicted octanol–water partition coefficient (Wildman–Crippen LogP) is 2.14. The Kier molecular flexibility index (Phi) is 5.13. The Hall–Kier alpha value is -2.61. The molecule has 1 aliphatic heterocycles. The summed E-state index contributed by atoms with van der Waals surface area (Å²) in [6, 6.07) is 10.6. The van der Waals surface area contributed by atoms with E-state index in [2.05, 4.69) is 10.3 Å². The van der Waals surface area contributed by atoms with E-state index in [0.717, 1.165) is 5.56 Å². The van der Waals surface area contributed by atoms with E-state index in [9.17, 15) is 13.2 Å². The molecular formula is C18H20N2O5S. The Morgan fingerprint density at radius 3 is 2.42 bits per heavy atom. The number of anilines is 1. The van der Waals surface area contributed by atoms with E-state index in [1.165, 1.54) is 0 Å². The van der Waals surface area contributed by atoms with Gasteiger partial charge in [-0.15, -0.1) is 0 Å². The van der Waals surface area contributed by atoms with Crippen LogP contribution in [0.4, 0.5) is 5.82 Å². The lowest BCUT2D eigenvalue weighted by Gasteiger charge is -2.11. The van der Waals surface area contributed by atoms with Crippen LogP contribution in [0.2, 0.25) is 0 Å². The molecule has 1 fully saturated rings. The Bertz CT molecular complexity index is 905. The van der Waals surface area contributed by atoms with Gasteiger partial charge < -0.3 is 14.8 Å². The third-order valence-electron chi connectivity index (χ3n) is 4.25. The Morgan fingerprint density at radius 1 is 1.15 bits per heavy atom. The number of rotatable bonds is 5. The van der Waals surface area contributed by atoms with Gasteiger partial charge in [-0.2, -0.15) is 0 Å². The van der Waals surface area contributed by atoms with Gasteiger partial charge in [0.2, 0.25) is 5.91 Å². The van der Waals surface area contributed by atoms with Crippen LogP contribution in [0.1, 0.15) is 6.42 Å². The van der Waals surface area contributed by atoms with E-state index in [1.807, 2.05) is 18.2 Å². The molecular weight excluding hydrogens is 356 g/mol. The Balaban J connectivity index is 1.82. The van der Waals surface area contributed by atoms with Gasteiger partial charge in [0.15, 0.2) is 9.84 Å². The summed E-state index contributed by atoms with van der Waals surface area (Å²) in [6.07, 6.45) is 0.348. The summed E-state index contributed by atoms with van der Waals surface area (Å²) in [7, 11) is 0.0271. The number of nitrogens with zero attached hydrogens (tertiary/aromatic N) is 1. The molecule has 138 valence electrons. The zero-order valence-corrected chi connectivity index (χ0v) is 15.4. The van der Waals surface area contributed by atoms with Crippen molar-refractivity contribution < 1.29 is 22.7 Å². The van der Waals surface area contributed by atoms with Crippen molar-refractivity contribution in [1.82, 2.24) is 4.98 Å². The molecule has 1 N–H and O–H groups in total. The summed E-state index contributed by atoms with van der Waals surface area (Å²) in [5.41, 5.74) is 1.42. The molecule has 2 heterocycles. The number of hydrogen-bond donors (Lipinski definition) is 1. The Morgan fingerprint density at radius 2 is 1.85 bits per heavy atom. The molecule has 1 amide bonds. The molecule has 2 aromatic rings. The smallest absolute Gasteiger partial charge is 0.229 e. The zero-order valence-electron chi connectivity index (χ0n) is 14.6. The molecule has 1 aliphatic rings. The maximum Gasteiger partial charge on any atom is 0.229 e. The van der Waals surface area contributed by atoms with Crippen LogP contribution in [-0.4, -0.2) is 45.0 Å². The largest absolute Gasteiger partial charge is 0.497 e. The molecule has 8 heteroatoms. The first-order valence-corrected chi connectivity index (χ1v) is 9.94. The molecule has 0 radical (unpaired) electrons. The van der Waals surface area contributed by atoms with Gasteiger partial charge in [0.1, 0.15) is 17.3 Å². The van der Waals surface area contributed by atoms with Crippen molar-refractivity contribution in [2.75, 3.05) is 31.0 Å². The maximum absolute atomic E-state index is 12.3. The number of sulfone groups is 1. The van der Waals surface area contributed by atoms with Crippen molar-refractivity contribution >= 4 is 21.6 Å². The highest BCUT2D eigenvalue weighted by Crippen LogP contribution is 2.29. The number of nitrogens with one attached hydrogen (secondary N) is 1. The second-order valence-corrected chi connectivity index (χ2v) is 8.33. The quantitative estimate of drug-likeness (QED) is 0.859. The fourth-order valence-electron chi connectivity index (χ4n) is 2.85. The average molecular weight is 376 g/mol. The van der Waals surface area contributed by atoms with Crippen LogP contribution in [0.3, 0.4) is 0 Å². The van der Waals surface area contributed by atoms with Gasteiger partial charge >= 0.3 is 0 Å². The minimum absolute atomic E-state index is 0.0577. The summed E-state index contributed by atoms with van der Waals surface area (Å²) in [5.74, 6) is 0.742. The first kappa shape index (κ1) is 18.2. The number of carbonyl (C=O) groups excluding carboxylic acids is 1. The number of benzene rings is 1. The molecule has 0 spiro atoms. The van der Waals surface area contributed by atoms with Crippen molar-refractivity contribution in [3.63, 3.8) is 0 Å². The lowest BCUT2D eigenvalue weighted by Crippen LogP contribution is -2.24. The van der Waals surface area contributed by atoms with E-state index in [4.69, 9.17) is 9.47 Å². The SMILES string of the molecule is COc1cc(OC)cc(-c2cccc(NC(=O)C3CCS(=O)(=O)C3)n2)c1. The van der Waals surface area contributed by atoms with Gasteiger partial charge in [0.25, 0.3) is 0 Å². The molecule has 0 aliphatic carbocycles. The molecule has 0 bridgehead atoms. The number of aromatic nitrogens is 1. The predicted molar refractivity (Wildman–Crippen MR) is 98.2 cm³/mol. The maximum atomic E-state index is 12.3.